The summed E-state index contributed by atoms with van der Waals surface area (Å²) < 4.78 is 22.8. The number of H-pyrrole nitrogens is 2. The minimum absolute atomic E-state index is 0.115. The zero-order valence-corrected chi connectivity index (χ0v) is 29.7. The largest absolute Gasteiger partial charge is 0.457 e. The third kappa shape index (κ3) is 10.8. The van der Waals surface area contributed by atoms with E-state index in [1.165, 1.54) is 11.1 Å². The number of unbranched alkanes of at least 4 members (excludes halogenated alkanes) is 2. The molecule has 0 unspecified atom stereocenters. The first-order valence-electron chi connectivity index (χ1n) is 17.3. The van der Waals surface area contributed by atoms with Crippen LogP contribution >= 0.6 is 0 Å². The van der Waals surface area contributed by atoms with Crippen molar-refractivity contribution in [1.82, 2.24) is 19.8 Å². The number of rotatable bonds is 21. The van der Waals surface area contributed by atoms with Gasteiger partial charge in [-0.25, -0.2) is 0 Å². The van der Waals surface area contributed by atoms with Crippen LogP contribution in [-0.4, -0.2) is 86.6 Å². The summed E-state index contributed by atoms with van der Waals surface area (Å²) in [5.41, 5.74) is 6.68. The lowest BCUT2D eigenvalue weighted by Gasteiger charge is -2.14. The van der Waals surface area contributed by atoms with Gasteiger partial charge in [0.1, 0.15) is 11.5 Å². The van der Waals surface area contributed by atoms with Crippen LogP contribution in [0.25, 0.3) is 21.8 Å². The van der Waals surface area contributed by atoms with Crippen molar-refractivity contribution in [3.63, 3.8) is 0 Å². The topological polar surface area (TPSA) is 109 Å². The number of aromatic nitrogens is 2. The van der Waals surface area contributed by atoms with Crippen LogP contribution in [0.2, 0.25) is 0 Å². The zero-order chi connectivity index (χ0) is 34.5. The fourth-order valence-electron chi connectivity index (χ4n) is 5.74. The molecule has 4 rings (SSSR count). The Hall–Kier alpha value is -4.02. The molecule has 0 saturated heterocycles. The van der Waals surface area contributed by atoms with Crippen LogP contribution in [-0.2, 0) is 44.7 Å². The molecule has 0 radical (unpaired) electrons. The number of carbonyl (C=O) groups excluding carboxylic acids is 2. The van der Waals surface area contributed by atoms with Gasteiger partial charge in [-0.15, -0.1) is 0 Å². The predicted octanol–water partition coefficient (Wildman–Crippen LogP) is 6.78. The molecule has 0 spiro atoms. The van der Waals surface area contributed by atoms with Crippen LogP contribution in [0, 0.1) is 0 Å². The SMILES string of the molecule is CCCCc1cc(OCOC(=O)CCC(=O)OCOc2cc(CCCC)cc3[nH]cc(CCN(C)C)c23)c2c(CCN(C)C)c[nH]c2c1. The number of fused-ring (bicyclic) bond motifs is 2. The molecule has 10 heteroatoms. The van der Waals surface area contributed by atoms with Crippen molar-refractivity contribution in [1.29, 1.82) is 0 Å². The number of hydrogen-bond acceptors (Lipinski definition) is 8. The Morgan fingerprint density at radius 1 is 0.625 bits per heavy atom. The van der Waals surface area contributed by atoms with Crippen molar-refractivity contribution >= 4 is 33.7 Å². The number of likely N-dealkylation sites (N-methyl/N-ethyl adjacent to an activating group) is 2. The maximum Gasteiger partial charge on any atom is 0.309 e. The monoisotopic (exact) mass is 662 g/mol. The van der Waals surface area contributed by atoms with Crippen LogP contribution in [0.3, 0.4) is 0 Å². The van der Waals surface area contributed by atoms with Gasteiger partial charge in [0.15, 0.2) is 0 Å². The highest BCUT2D eigenvalue weighted by molar-refractivity contribution is 5.91. The highest BCUT2D eigenvalue weighted by Gasteiger charge is 2.16. The van der Waals surface area contributed by atoms with Crippen molar-refractivity contribution < 1.29 is 28.5 Å². The summed E-state index contributed by atoms with van der Waals surface area (Å²) in [4.78, 5) is 36.1. The van der Waals surface area contributed by atoms with E-state index in [1.54, 1.807) is 0 Å². The smallest absolute Gasteiger partial charge is 0.309 e. The molecule has 10 nitrogen and oxygen atoms in total. The van der Waals surface area contributed by atoms with Gasteiger partial charge < -0.3 is 38.7 Å². The number of ether oxygens (including phenoxy) is 4. The van der Waals surface area contributed by atoms with Crippen molar-refractivity contribution in [3.05, 3.63) is 58.9 Å². The second kappa shape index (κ2) is 18.5. The molecule has 0 fully saturated rings. The number of hydrogen-bond donors (Lipinski definition) is 2. The summed E-state index contributed by atoms with van der Waals surface area (Å²) in [5, 5.41) is 2.02. The lowest BCUT2D eigenvalue weighted by molar-refractivity contribution is -0.157. The standard InChI is InChI=1S/C38H54N4O6/c1-7-9-11-27-19-31-37(29(23-39-31)15-17-41(3)4)33(21-27)45-25-47-35(43)13-14-36(44)48-26-46-34-22-28(12-10-8-2)20-32-38(34)30(24-40-32)16-18-42(5)6/h19-24,39-40H,7-18,25-26H2,1-6H3. The minimum Gasteiger partial charge on any atom is -0.457 e. The molecule has 0 bridgehead atoms. The first-order valence-corrected chi connectivity index (χ1v) is 17.3. The molecule has 0 aliphatic rings. The second-order valence-corrected chi connectivity index (χ2v) is 13.0. The van der Waals surface area contributed by atoms with E-state index in [0.717, 1.165) is 97.4 Å². The Labute approximate surface area is 285 Å². The maximum atomic E-state index is 12.5. The summed E-state index contributed by atoms with van der Waals surface area (Å²) in [5.74, 6) is 0.323. The van der Waals surface area contributed by atoms with Gasteiger partial charge in [0, 0.05) is 47.3 Å². The highest BCUT2D eigenvalue weighted by atomic mass is 16.7. The minimum atomic E-state index is -0.531. The number of nitrogens with one attached hydrogen (secondary N) is 2. The van der Waals surface area contributed by atoms with Gasteiger partial charge in [-0.2, -0.15) is 0 Å². The Morgan fingerprint density at radius 2 is 1.04 bits per heavy atom. The van der Waals surface area contributed by atoms with Crippen LogP contribution < -0.4 is 9.47 Å². The fraction of sp³-hybridized carbons (Fsp3) is 0.526. The van der Waals surface area contributed by atoms with Crippen LogP contribution in [0.5, 0.6) is 11.5 Å². The van der Waals surface area contributed by atoms with Crippen molar-refractivity contribution in [2.75, 3.05) is 54.9 Å². The number of aromatic amines is 2. The lowest BCUT2D eigenvalue weighted by Crippen LogP contribution is -2.16. The Morgan fingerprint density at radius 3 is 1.42 bits per heavy atom. The van der Waals surface area contributed by atoms with Gasteiger partial charge in [0.2, 0.25) is 13.6 Å². The first kappa shape index (κ1) is 36.8. The van der Waals surface area contributed by atoms with E-state index in [2.05, 4.69) is 45.7 Å². The number of aryl methyl sites for hydroxylation is 2. The normalized spacial score (nSPS) is 11.6. The van der Waals surface area contributed by atoms with Gasteiger partial charge in [0.05, 0.1) is 12.8 Å². The molecule has 4 aromatic rings. The molecular formula is C38H54N4O6. The van der Waals surface area contributed by atoms with Gasteiger partial charge in [-0.05, 0) is 113 Å². The summed E-state index contributed by atoms with van der Waals surface area (Å²) in [6, 6.07) is 8.43. The van der Waals surface area contributed by atoms with E-state index in [1.807, 2.05) is 52.7 Å². The summed E-state index contributed by atoms with van der Waals surface area (Å²) in [6.07, 6.45) is 11.8. The number of benzene rings is 2. The van der Waals surface area contributed by atoms with Crippen molar-refractivity contribution in [2.45, 2.75) is 78.1 Å². The quantitative estimate of drug-likeness (QED) is 0.0743. The zero-order valence-electron chi connectivity index (χ0n) is 29.7. The number of esters is 2. The van der Waals surface area contributed by atoms with E-state index in [0.29, 0.717) is 11.5 Å². The molecule has 0 atom stereocenters. The molecule has 2 aromatic carbocycles. The van der Waals surface area contributed by atoms with Gasteiger partial charge in [-0.3, -0.25) is 9.59 Å². The van der Waals surface area contributed by atoms with Gasteiger partial charge in [-0.1, -0.05) is 26.7 Å². The van der Waals surface area contributed by atoms with Crippen LogP contribution in [0.15, 0.2) is 36.7 Å². The molecule has 0 aliphatic heterocycles. The highest BCUT2D eigenvalue weighted by Crippen LogP contribution is 2.33. The summed E-state index contributed by atoms with van der Waals surface area (Å²) in [7, 11) is 8.20. The molecule has 2 N–H and O–H groups in total. The number of carbonyl (C=O) groups is 2. The van der Waals surface area contributed by atoms with E-state index in [-0.39, 0.29) is 26.4 Å². The van der Waals surface area contributed by atoms with Crippen molar-refractivity contribution in [2.24, 2.45) is 0 Å². The van der Waals surface area contributed by atoms with Crippen LogP contribution in [0.4, 0.5) is 0 Å². The molecule has 0 saturated carbocycles. The molecular weight excluding hydrogens is 608 g/mol. The molecule has 48 heavy (non-hydrogen) atoms. The lowest BCUT2D eigenvalue weighted by atomic mass is 10.0. The third-order valence-corrected chi connectivity index (χ3v) is 8.47. The summed E-state index contributed by atoms with van der Waals surface area (Å²) >= 11 is 0. The van der Waals surface area contributed by atoms with Crippen molar-refractivity contribution in [3.8, 4) is 11.5 Å². The molecule has 0 aliphatic carbocycles. The molecule has 2 aromatic heterocycles. The number of nitrogens with zero attached hydrogens (tertiary/aromatic N) is 2. The summed E-state index contributed by atoms with van der Waals surface area (Å²) in [6.45, 7) is 5.67. The van der Waals surface area contributed by atoms with Crippen LogP contribution in [0.1, 0.15) is 74.6 Å². The third-order valence-electron chi connectivity index (χ3n) is 8.47. The average molecular weight is 663 g/mol. The second-order valence-electron chi connectivity index (χ2n) is 13.0. The van der Waals surface area contributed by atoms with E-state index in [4.69, 9.17) is 18.9 Å². The Kier molecular flexibility index (Phi) is 14.2. The Bertz CT molecular complexity index is 1500. The maximum absolute atomic E-state index is 12.5. The van der Waals surface area contributed by atoms with Gasteiger partial charge in [0.25, 0.3) is 0 Å². The van der Waals surface area contributed by atoms with Gasteiger partial charge >= 0.3 is 11.9 Å². The Balaban J connectivity index is 1.29. The van der Waals surface area contributed by atoms with E-state index in [9.17, 15) is 9.59 Å². The average Bonchev–Trinajstić information content (AvgIpc) is 3.67. The fourth-order valence-corrected chi connectivity index (χ4v) is 5.74. The van der Waals surface area contributed by atoms with E-state index < -0.39 is 11.9 Å². The molecule has 2 heterocycles. The molecule has 0 amide bonds. The molecule has 262 valence electrons. The van der Waals surface area contributed by atoms with E-state index >= 15 is 0 Å². The first-order chi connectivity index (χ1) is 23.2. The predicted molar refractivity (Wildman–Crippen MR) is 191 cm³/mol.